The molecule has 3 rings (SSSR count). The van der Waals surface area contributed by atoms with E-state index in [9.17, 15) is 19.0 Å². The number of carbonyl (C=O) groups excluding carboxylic acids is 2. The van der Waals surface area contributed by atoms with Gasteiger partial charge in [0, 0.05) is 6.16 Å². The average Bonchev–Trinajstić information content (AvgIpc) is 2.88. The third kappa shape index (κ3) is 7.67. The summed E-state index contributed by atoms with van der Waals surface area (Å²) in [5, 5.41) is 4.72. The van der Waals surface area contributed by atoms with Gasteiger partial charge in [-0.2, -0.15) is 0 Å². The van der Waals surface area contributed by atoms with Gasteiger partial charge in [0.1, 0.15) is 12.4 Å². The van der Waals surface area contributed by atoms with E-state index in [0.29, 0.717) is 12.8 Å². The molecule has 7 nitrogen and oxygen atoms in total. The Morgan fingerprint density at radius 3 is 2.34 bits per heavy atom. The highest BCUT2D eigenvalue weighted by molar-refractivity contribution is 7.58. The maximum atomic E-state index is 13.2. The fourth-order valence-corrected chi connectivity index (χ4v) is 6.11. The molecule has 0 bridgehead atoms. The first-order valence-corrected chi connectivity index (χ1v) is 13.6. The summed E-state index contributed by atoms with van der Waals surface area (Å²) < 4.78 is 23.4. The highest BCUT2D eigenvalue weighted by atomic mass is 31.2. The summed E-state index contributed by atoms with van der Waals surface area (Å²) in [6, 6.07) is 23.2. The van der Waals surface area contributed by atoms with Crippen LogP contribution in [0.1, 0.15) is 30.9 Å². The number of fused-ring (bicyclic) bond motifs is 1. The van der Waals surface area contributed by atoms with Crippen LogP contribution >= 0.6 is 7.37 Å². The monoisotopic (exact) mass is 497 g/mol. The predicted octanol–water partition coefficient (Wildman–Crippen LogP) is 5.49. The Morgan fingerprint density at radius 2 is 1.66 bits per heavy atom. The molecule has 0 heterocycles. The van der Waals surface area contributed by atoms with Crippen LogP contribution in [0.3, 0.4) is 0 Å². The van der Waals surface area contributed by atoms with Crippen LogP contribution in [0.25, 0.3) is 10.8 Å². The van der Waals surface area contributed by atoms with Gasteiger partial charge in [-0.15, -0.1) is 0 Å². The minimum atomic E-state index is -3.95. The number of alkyl carbamates (subject to hydrolysis) is 1. The van der Waals surface area contributed by atoms with Crippen molar-refractivity contribution in [3.8, 4) is 0 Å². The highest BCUT2D eigenvalue weighted by Crippen LogP contribution is 2.49. The normalized spacial score (nSPS) is 14.5. The zero-order valence-electron chi connectivity index (χ0n) is 20.1. The summed E-state index contributed by atoms with van der Waals surface area (Å²) in [5.41, 5.74) is 1.84. The second-order valence-electron chi connectivity index (χ2n) is 8.51. The lowest BCUT2D eigenvalue weighted by molar-refractivity contribution is -0.144. The van der Waals surface area contributed by atoms with Gasteiger partial charge in [-0.25, -0.2) is 4.79 Å². The van der Waals surface area contributed by atoms with E-state index in [2.05, 4.69) is 11.4 Å². The average molecular weight is 498 g/mol. The van der Waals surface area contributed by atoms with Gasteiger partial charge in [0.25, 0.3) is 0 Å². The van der Waals surface area contributed by atoms with Crippen molar-refractivity contribution in [1.82, 2.24) is 5.32 Å². The van der Waals surface area contributed by atoms with Crippen molar-refractivity contribution in [2.45, 2.75) is 38.6 Å². The van der Waals surface area contributed by atoms with Crippen LogP contribution in [0.5, 0.6) is 0 Å². The highest BCUT2D eigenvalue weighted by Gasteiger charge is 2.36. The molecular formula is C27H32NO6P. The Morgan fingerprint density at radius 1 is 0.971 bits per heavy atom. The summed E-state index contributed by atoms with van der Waals surface area (Å²) in [6.45, 7) is 1.75. The molecule has 3 aromatic carbocycles. The molecule has 2 N–H and O–H groups in total. The number of rotatable bonds is 11. The van der Waals surface area contributed by atoms with Gasteiger partial charge in [-0.1, -0.05) is 79.7 Å². The Hall–Kier alpha value is -3.15. The van der Waals surface area contributed by atoms with Crippen LogP contribution in [-0.2, 0) is 31.9 Å². The molecule has 0 spiro atoms. The lowest BCUT2D eigenvalue weighted by Gasteiger charge is -2.25. The molecule has 1 amide bonds. The molecule has 3 unspecified atom stereocenters. The maximum absolute atomic E-state index is 13.2. The summed E-state index contributed by atoms with van der Waals surface area (Å²) in [5.74, 6) is -2.35. The zero-order valence-corrected chi connectivity index (χ0v) is 20.9. The van der Waals surface area contributed by atoms with Crippen LogP contribution in [0.15, 0.2) is 72.8 Å². The molecule has 3 aromatic rings. The number of carbonyl (C=O) groups is 2. The maximum Gasteiger partial charge on any atom is 0.408 e. The molecule has 0 aliphatic carbocycles. The number of esters is 1. The van der Waals surface area contributed by atoms with E-state index in [1.807, 2.05) is 66.7 Å². The third-order valence-corrected chi connectivity index (χ3v) is 8.42. The second-order valence-corrected chi connectivity index (χ2v) is 11.0. The lowest BCUT2D eigenvalue weighted by atomic mass is 9.99. The summed E-state index contributed by atoms with van der Waals surface area (Å²) in [7, 11) is -2.68. The van der Waals surface area contributed by atoms with E-state index < -0.39 is 31.1 Å². The van der Waals surface area contributed by atoms with Gasteiger partial charge in [-0.3, -0.25) is 9.36 Å². The minimum Gasteiger partial charge on any atom is -0.469 e. The topological polar surface area (TPSA) is 102 Å². The SMILES string of the molecule is CCC(NC(=O)OCc1ccccc1)P(=O)(O)CC(CCc1ccc2ccccc2c1)C(=O)OC. The molecule has 0 fully saturated rings. The Balaban J connectivity index is 1.62. The summed E-state index contributed by atoms with van der Waals surface area (Å²) >= 11 is 0. The van der Waals surface area contributed by atoms with E-state index in [0.717, 1.165) is 21.9 Å². The van der Waals surface area contributed by atoms with Gasteiger partial charge in [0.15, 0.2) is 0 Å². The van der Waals surface area contributed by atoms with Crippen LogP contribution in [0, 0.1) is 5.92 Å². The van der Waals surface area contributed by atoms with Crippen molar-refractivity contribution < 1.29 is 28.5 Å². The van der Waals surface area contributed by atoms with Crippen LogP contribution in [-0.4, -0.2) is 36.0 Å². The van der Waals surface area contributed by atoms with Crippen LogP contribution in [0.4, 0.5) is 4.79 Å². The lowest BCUT2D eigenvalue weighted by Crippen LogP contribution is -2.36. The molecule has 35 heavy (non-hydrogen) atoms. The third-order valence-electron chi connectivity index (χ3n) is 5.98. The number of aryl methyl sites for hydroxylation is 1. The van der Waals surface area contributed by atoms with Crippen molar-refractivity contribution in [1.29, 1.82) is 0 Å². The quantitative estimate of drug-likeness (QED) is 0.268. The molecule has 0 aromatic heterocycles. The van der Waals surface area contributed by atoms with Gasteiger partial charge in [0.05, 0.1) is 13.0 Å². The van der Waals surface area contributed by atoms with Crippen LogP contribution in [0.2, 0.25) is 0 Å². The Bertz CT molecular complexity index is 1180. The van der Waals surface area contributed by atoms with Gasteiger partial charge in [0.2, 0.25) is 7.37 Å². The number of methoxy groups -OCH3 is 1. The first kappa shape index (κ1) is 26.5. The van der Waals surface area contributed by atoms with E-state index in [-0.39, 0.29) is 19.2 Å². The fourth-order valence-electron chi connectivity index (χ4n) is 4.02. The number of benzene rings is 3. The smallest absolute Gasteiger partial charge is 0.408 e. The first-order valence-electron chi connectivity index (χ1n) is 11.7. The Labute approximate surface area is 205 Å². The number of ether oxygens (including phenoxy) is 2. The molecular weight excluding hydrogens is 465 g/mol. The molecule has 0 aliphatic heterocycles. The van der Waals surface area contributed by atoms with E-state index >= 15 is 0 Å². The molecule has 186 valence electrons. The number of nitrogens with one attached hydrogen (secondary N) is 1. The van der Waals surface area contributed by atoms with Crippen molar-refractivity contribution in [3.05, 3.63) is 83.9 Å². The molecule has 3 atom stereocenters. The van der Waals surface area contributed by atoms with Crippen molar-refractivity contribution >= 4 is 30.2 Å². The van der Waals surface area contributed by atoms with E-state index in [1.54, 1.807) is 6.92 Å². The standard InChI is InChI=1S/C27H32NO6P/c1-3-25(28-27(30)34-18-21-9-5-4-6-10-21)35(31,32)19-24(26(29)33-2)16-14-20-13-15-22-11-7-8-12-23(22)17-20/h4-13,15,17,24-25H,3,14,16,18-19H2,1-2H3,(H,28,30)(H,31,32). The largest absolute Gasteiger partial charge is 0.469 e. The minimum absolute atomic E-state index is 0.0510. The molecule has 0 saturated carbocycles. The van der Waals surface area contributed by atoms with Gasteiger partial charge >= 0.3 is 12.1 Å². The van der Waals surface area contributed by atoms with Crippen molar-refractivity contribution in [2.24, 2.45) is 5.92 Å². The fraction of sp³-hybridized carbons (Fsp3) is 0.333. The van der Waals surface area contributed by atoms with E-state index in [1.165, 1.54) is 7.11 Å². The van der Waals surface area contributed by atoms with Crippen LogP contribution < -0.4 is 5.32 Å². The van der Waals surface area contributed by atoms with Gasteiger partial charge in [-0.05, 0) is 41.2 Å². The van der Waals surface area contributed by atoms with E-state index in [4.69, 9.17) is 9.47 Å². The first-order chi connectivity index (χ1) is 16.8. The van der Waals surface area contributed by atoms with Crippen molar-refractivity contribution in [2.75, 3.05) is 13.3 Å². The predicted molar refractivity (Wildman–Crippen MR) is 136 cm³/mol. The Kier molecular flexibility index (Phi) is 9.47. The van der Waals surface area contributed by atoms with Gasteiger partial charge < -0.3 is 19.7 Å². The summed E-state index contributed by atoms with van der Waals surface area (Å²) in [4.78, 5) is 35.6. The second kappa shape index (κ2) is 12.5. The molecule has 8 heteroatoms. The molecule has 0 aliphatic rings. The zero-order chi connectivity index (χ0) is 25.3. The number of hydrogen-bond donors (Lipinski definition) is 2. The van der Waals surface area contributed by atoms with Crippen molar-refractivity contribution in [3.63, 3.8) is 0 Å². The summed E-state index contributed by atoms with van der Waals surface area (Å²) in [6.07, 6.45) is 0.0522. The molecule has 0 saturated heterocycles. The molecule has 0 radical (unpaired) electrons. The number of hydrogen-bond acceptors (Lipinski definition) is 5. The number of amides is 1.